The minimum absolute atomic E-state index is 0.177. The van der Waals surface area contributed by atoms with Gasteiger partial charge in [0.25, 0.3) is 10.2 Å². The van der Waals surface area contributed by atoms with Gasteiger partial charge in [-0.2, -0.15) is 12.7 Å². The molecule has 0 amide bonds. The number of β-amino-alcohol motifs (C(OH)–C–C–N with tert-alkyl or cyclic N) is 1. The van der Waals surface area contributed by atoms with Crippen molar-refractivity contribution in [3.05, 3.63) is 0 Å². The molecule has 0 bridgehead atoms. The summed E-state index contributed by atoms with van der Waals surface area (Å²) >= 11 is 0. The number of nitrogens with zero attached hydrogens (tertiary/aromatic N) is 1. The van der Waals surface area contributed by atoms with Crippen LogP contribution in [-0.4, -0.2) is 43.6 Å². The maximum absolute atomic E-state index is 11.8. The molecule has 0 aliphatic carbocycles. The number of piperidine rings is 1. The largest absolute Gasteiger partial charge is 0.391 e. The molecule has 6 heteroatoms. The van der Waals surface area contributed by atoms with E-state index in [2.05, 4.69) is 4.72 Å². The second kappa shape index (κ2) is 5.44. The van der Waals surface area contributed by atoms with Crippen LogP contribution in [0.25, 0.3) is 0 Å². The Labute approximate surface area is 98.0 Å². The lowest BCUT2D eigenvalue weighted by Crippen LogP contribution is -2.50. The molecular weight excluding hydrogens is 228 g/mol. The van der Waals surface area contributed by atoms with Crippen LogP contribution in [0.1, 0.15) is 27.2 Å². The molecule has 16 heavy (non-hydrogen) atoms. The molecule has 0 aromatic rings. The molecule has 2 atom stereocenters. The Morgan fingerprint density at radius 1 is 1.50 bits per heavy atom. The Morgan fingerprint density at radius 2 is 2.12 bits per heavy atom. The number of aliphatic hydroxyl groups excluding tert-OH is 1. The Morgan fingerprint density at radius 3 is 2.62 bits per heavy atom. The molecule has 96 valence electrons. The molecule has 1 aliphatic heterocycles. The van der Waals surface area contributed by atoms with Crippen LogP contribution >= 0.6 is 0 Å². The van der Waals surface area contributed by atoms with E-state index in [1.807, 2.05) is 20.8 Å². The fourth-order valence-corrected chi connectivity index (χ4v) is 3.02. The van der Waals surface area contributed by atoms with E-state index in [0.29, 0.717) is 19.5 Å². The number of nitrogens with one attached hydrogen (secondary N) is 1. The van der Waals surface area contributed by atoms with Gasteiger partial charge in [0.05, 0.1) is 6.10 Å². The number of hydrogen-bond donors (Lipinski definition) is 2. The highest BCUT2D eigenvalue weighted by Gasteiger charge is 2.31. The van der Waals surface area contributed by atoms with Crippen molar-refractivity contribution in [1.82, 2.24) is 9.03 Å². The van der Waals surface area contributed by atoms with Crippen molar-refractivity contribution < 1.29 is 13.5 Å². The monoisotopic (exact) mass is 250 g/mol. The van der Waals surface area contributed by atoms with E-state index in [4.69, 9.17) is 0 Å². The van der Waals surface area contributed by atoms with Gasteiger partial charge < -0.3 is 5.11 Å². The van der Waals surface area contributed by atoms with E-state index in [9.17, 15) is 13.5 Å². The van der Waals surface area contributed by atoms with E-state index >= 15 is 0 Å². The molecule has 1 heterocycles. The van der Waals surface area contributed by atoms with Gasteiger partial charge in [0.2, 0.25) is 0 Å². The lowest BCUT2D eigenvalue weighted by molar-refractivity contribution is 0.0600. The van der Waals surface area contributed by atoms with Crippen LogP contribution in [0.2, 0.25) is 0 Å². The summed E-state index contributed by atoms with van der Waals surface area (Å²) in [6.07, 6.45) is 0.161. The molecule has 1 rings (SSSR count). The second-order valence-corrected chi connectivity index (χ2v) is 6.69. The quantitative estimate of drug-likeness (QED) is 0.748. The minimum Gasteiger partial charge on any atom is -0.391 e. The maximum atomic E-state index is 11.8. The zero-order valence-electron chi connectivity index (χ0n) is 10.2. The normalized spacial score (nSPS) is 28.6. The first-order valence-electron chi connectivity index (χ1n) is 5.75. The van der Waals surface area contributed by atoms with E-state index < -0.39 is 16.3 Å². The molecule has 0 radical (unpaired) electrons. The summed E-state index contributed by atoms with van der Waals surface area (Å²) in [4.78, 5) is 0. The first-order valence-corrected chi connectivity index (χ1v) is 7.19. The maximum Gasteiger partial charge on any atom is 0.279 e. The lowest BCUT2D eigenvalue weighted by atomic mass is 9.98. The Hall–Kier alpha value is -0.170. The van der Waals surface area contributed by atoms with Crippen LogP contribution in [-0.2, 0) is 10.2 Å². The highest BCUT2D eigenvalue weighted by molar-refractivity contribution is 7.87. The van der Waals surface area contributed by atoms with Gasteiger partial charge in [0.15, 0.2) is 0 Å². The Balaban J connectivity index is 2.56. The van der Waals surface area contributed by atoms with E-state index in [-0.39, 0.29) is 18.4 Å². The Kier molecular flexibility index (Phi) is 4.73. The summed E-state index contributed by atoms with van der Waals surface area (Å²) < 4.78 is 27.6. The molecule has 0 aromatic heterocycles. The second-order valence-electron chi connectivity index (χ2n) is 4.94. The first-order chi connectivity index (χ1) is 7.33. The van der Waals surface area contributed by atoms with E-state index in [1.54, 1.807) is 0 Å². The van der Waals surface area contributed by atoms with Gasteiger partial charge in [0.1, 0.15) is 0 Å². The summed E-state index contributed by atoms with van der Waals surface area (Å²) in [5.41, 5.74) is 0. The number of hydrogen-bond acceptors (Lipinski definition) is 3. The highest BCUT2D eigenvalue weighted by atomic mass is 32.2. The smallest absolute Gasteiger partial charge is 0.279 e. The third-order valence-corrected chi connectivity index (χ3v) is 4.44. The Bertz CT molecular complexity index is 316. The molecule has 2 unspecified atom stereocenters. The molecule has 0 aromatic carbocycles. The van der Waals surface area contributed by atoms with Gasteiger partial charge in [-0.15, -0.1) is 0 Å². The van der Waals surface area contributed by atoms with Gasteiger partial charge in [-0.3, -0.25) is 0 Å². The fraction of sp³-hybridized carbons (Fsp3) is 1.00. The fourth-order valence-electron chi connectivity index (χ4n) is 1.60. The predicted molar refractivity (Wildman–Crippen MR) is 63.1 cm³/mol. The molecule has 2 N–H and O–H groups in total. The van der Waals surface area contributed by atoms with Crippen molar-refractivity contribution in [2.45, 2.75) is 33.3 Å². The molecular formula is C10H22N2O3S. The summed E-state index contributed by atoms with van der Waals surface area (Å²) in [5.74, 6) is 0.458. The molecule has 5 nitrogen and oxygen atoms in total. The van der Waals surface area contributed by atoms with E-state index in [0.717, 1.165) is 0 Å². The van der Waals surface area contributed by atoms with Gasteiger partial charge in [0, 0.05) is 19.6 Å². The van der Waals surface area contributed by atoms with Gasteiger partial charge in [-0.1, -0.05) is 20.8 Å². The molecule has 0 saturated carbocycles. The average Bonchev–Trinajstić information content (AvgIpc) is 2.19. The summed E-state index contributed by atoms with van der Waals surface area (Å²) in [6.45, 7) is 6.98. The van der Waals surface area contributed by atoms with Crippen LogP contribution in [0.5, 0.6) is 0 Å². The van der Waals surface area contributed by atoms with E-state index in [1.165, 1.54) is 4.31 Å². The SMILES string of the molecule is CC(C)CNS(=O)(=O)N1CCC(C)C(O)C1. The van der Waals surface area contributed by atoms with Crippen molar-refractivity contribution in [2.75, 3.05) is 19.6 Å². The summed E-state index contributed by atoms with van der Waals surface area (Å²) in [5, 5.41) is 9.65. The van der Waals surface area contributed by atoms with Crippen molar-refractivity contribution in [3.8, 4) is 0 Å². The van der Waals surface area contributed by atoms with Crippen molar-refractivity contribution >= 4 is 10.2 Å². The topological polar surface area (TPSA) is 69.6 Å². The van der Waals surface area contributed by atoms with Crippen molar-refractivity contribution in [1.29, 1.82) is 0 Å². The van der Waals surface area contributed by atoms with Crippen LogP contribution in [0.15, 0.2) is 0 Å². The number of rotatable bonds is 4. The highest BCUT2D eigenvalue weighted by Crippen LogP contribution is 2.18. The van der Waals surface area contributed by atoms with Gasteiger partial charge >= 0.3 is 0 Å². The lowest BCUT2D eigenvalue weighted by Gasteiger charge is -2.33. The van der Waals surface area contributed by atoms with Gasteiger partial charge in [-0.05, 0) is 18.3 Å². The average molecular weight is 250 g/mol. The molecule has 0 spiro atoms. The minimum atomic E-state index is -3.41. The third-order valence-electron chi connectivity index (χ3n) is 2.90. The molecule has 1 aliphatic rings. The zero-order chi connectivity index (χ0) is 12.3. The van der Waals surface area contributed by atoms with Crippen LogP contribution in [0, 0.1) is 11.8 Å². The van der Waals surface area contributed by atoms with Crippen LogP contribution < -0.4 is 4.72 Å². The first kappa shape index (κ1) is 13.9. The van der Waals surface area contributed by atoms with Crippen LogP contribution in [0.3, 0.4) is 0 Å². The zero-order valence-corrected chi connectivity index (χ0v) is 11.0. The number of aliphatic hydroxyl groups is 1. The van der Waals surface area contributed by atoms with Crippen molar-refractivity contribution in [3.63, 3.8) is 0 Å². The molecule has 1 fully saturated rings. The molecule has 1 saturated heterocycles. The van der Waals surface area contributed by atoms with Gasteiger partial charge in [-0.25, -0.2) is 4.72 Å². The standard InChI is InChI=1S/C10H22N2O3S/c1-8(2)6-11-16(14,15)12-5-4-9(3)10(13)7-12/h8-11,13H,4-7H2,1-3H3. The summed E-state index contributed by atoms with van der Waals surface area (Å²) in [6, 6.07) is 0. The summed E-state index contributed by atoms with van der Waals surface area (Å²) in [7, 11) is -3.41. The van der Waals surface area contributed by atoms with Crippen molar-refractivity contribution in [2.24, 2.45) is 11.8 Å². The third kappa shape index (κ3) is 3.69. The predicted octanol–water partition coefficient (Wildman–Crippen LogP) is 0.179. The van der Waals surface area contributed by atoms with Crippen LogP contribution in [0.4, 0.5) is 0 Å².